The van der Waals surface area contributed by atoms with Crippen molar-refractivity contribution in [3.8, 4) is 0 Å². The first kappa shape index (κ1) is 18.2. The van der Waals surface area contributed by atoms with Gasteiger partial charge in [0.1, 0.15) is 5.60 Å². The fraction of sp³-hybridized carbons (Fsp3) is 0.933. The van der Waals surface area contributed by atoms with Gasteiger partial charge in [-0.3, -0.25) is 0 Å². The lowest BCUT2D eigenvalue weighted by Crippen LogP contribution is -2.49. The minimum absolute atomic E-state index is 0.217. The molecule has 6 heteroatoms. The van der Waals surface area contributed by atoms with Gasteiger partial charge >= 0.3 is 6.09 Å². The first-order valence-electron chi connectivity index (χ1n) is 7.70. The predicted octanol–water partition coefficient (Wildman–Crippen LogP) is 1.64. The number of methoxy groups -OCH3 is 1. The van der Waals surface area contributed by atoms with Crippen molar-refractivity contribution in [3.05, 3.63) is 0 Å². The Morgan fingerprint density at radius 2 is 2.05 bits per heavy atom. The molecule has 1 fully saturated rings. The van der Waals surface area contributed by atoms with Crippen molar-refractivity contribution in [1.82, 2.24) is 10.2 Å². The van der Waals surface area contributed by atoms with Crippen LogP contribution < -0.4 is 5.32 Å². The summed E-state index contributed by atoms with van der Waals surface area (Å²) in [6.45, 7) is 9.84. The number of amides is 1. The van der Waals surface area contributed by atoms with Crippen LogP contribution in [0.15, 0.2) is 0 Å². The van der Waals surface area contributed by atoms with E-state index in [1.165, 1.54) is 0 Å². The molecule has 0 aliphatic carbocycles. The van der Waals surface area contributed by atoms with E-state index in [1.54, 1.807) is 12.0 Å². The standard InChI is InChI=1S/C15H30N2O4/c1-15(2,3)21-14(18)17-8-5-6-13(12-17)16-7-9-20-11-10-19-4/h13,16H,5-12H2,1-4H3. The third-order valence-corrected chi connectivity index (χ3v) is 3.18. The first-order valence-corrected chi connectivity index (χ1v) is 7.70. The molecule has 1 N–H and O–H groups in total. The summed E-state index contributed by atoms with van der Waals surface area (Å²) in [6, 6.07) is 0.317. The smallest absolute Gasteiger partial charge is 0.410 e. The molecule has 1 aliphatic heterocycles. The summed E-state index contributed by atoms with van der Waals surface area (Å²) in [5.41, 5.74) is -0.438. The van der Waals surface area contributed by atoms with Crippen LogP contribution in [-0.2, 0) is 14.2 Å². The van der Waals surface area contributed by atoms with E-state index in [1.807, 2.05) is 20.8 Å². The van der Waals surface area contributed by atoms with Gasteiger partial charge in [-0.05, 0) is 33.6 Å². The van der Waals surface area contributed by atoms with Gasteiger partial charge in [0.25, 0.3) is 0 Å². The maximum atomic E-state index is 12.0. The molecule has 6 nitrogen and oxygen atoms in total. The number of hydrogen-bond donors (Lipinski definition) is 1. The number of hydrogen-bond acceptors (Lipinski definition) is 5. The van der Waals surface area contributed by atoms with Crippen LogP contribution in [0.1, 0.15) is 33.6 Å². The number of carbonyl (C=O) groups is 1. The lowest BCUT2D eigenvalue weighted by atomic mass is 10.1. The lowest BCUT2D eigenvalue weighted by molar-refractivity contribution is 0.0182. The number of nitrogens with zero attached hydrogens (tertiary/aromatic N) is 1. The summed E-state index contributed by atoms with van der Waals surface area (Å²) in [6.07, 6.45) is 1.86. The van der Waals surface area contributed by atoms with Crippen molar-refractivity contribution in [1.29, 1.82) is 0 Å². The van der Waals surface area contributed by atoms with Gasteiger partial charge in [0.15, 0.2) is 0 Å². The fourth-order valence-corrected chi connectivity index (χ4v) is 2.22. The van der Waals surface area contributed by atoms with Crippen LogP contribution in [0.25, 0.3) is 0 Å². The first-order chi connectivity index (χ1) is 9.92. The summed E-state index contributed by atoms with van der Waals surface area (Å²) in [7, 11) is 1.66. The average Bonchev–Trinajstić information content (AvgIpc) is 2.41. The van der Waals surface area contributed by atoms with Crippen LogP contribution in [0.5, 0.6) is 0 Å². The highest BCUT2D eigenvalue weighted by atomic mass is 16.6. The van der Waals surface area contributed by atoms with Gasteiger partial charge in [-0.25, -0.2) is 4.79 Å². The summed E-state index contributed by atoms with van der Waals surface area (Å²) in [5.74, 6) is 0. The third-order valence-electron chi connectivity index (χ3n) is 3.18. The Morgan fingerprint density at radius 1 is 1.29 bits per heavy atom. The summed E-state index contributed by atoms with van der Waals surface area (Å²) in [4.78, 5) is 13.8. The molecule has 0 aromatic rings. The number of rotatable bonds is 7. The second-order valence-corrected chi connectivity index (χ2v) is 6.32. The molecule has 1 rings (SSSR count). The molecular weight excluding hydrogens is 272 g/mol. The Balaban J connectivity index is 2.21. The molecule has 0 saturated carbocycles. The maximum absolute atomic E-state index is 12.0. The van der Waals surface area contributed by atoms with Gasteiger partial charge in [-0.15, -0.1) is 0 Å². The number of ether oxygens (including phenoxy) is 3. The van der Waals surface area contributed by atoms with Crippen molar-refractivity contribution in [3.63, 3.8) is 0 Å². The molecule has 1 amide bonds. The Morgan fingerprint density at radius 3 is 2.71 bits per heavy atom. The van der Waals surface area contributed by atoms with Gasteiger partial charge in [-0.2, -0.15) is 0 Å². The molecule has 1 saturated heterocycles. The molecule has 0 aromatic carbocycles. The molecule has 0 radical (unpaired) electrons. The Labute approximate surface area is 128 Å². The van der Waals surface area contributed by atoms with Crippen LogP contribution in [0.4, 0.5) is 4.79 Å². The zero-order valence-corrected chi connectivity index (χ0v) is 13.8. The van der Waals surface area contributed by atoms with Crippen LogP contribution >= 0.6 is 0 Å². The largest absolute Gasteiger partial charge is 0.444 e. The molecule has 1 heterocycles. The second kappa shape index (κ2) is 9.23. The molecule has 1 aliphatic rings. The topological polar surface area (TPSA) is 60.0 Å². The third kappa shape index (κ3) is 8.24. The van der Waals surface area contributed by atoms with Gasteiger partial charge < -0.3 is 24.4 Å². The van der Waals surface area contributed by atoms with Crippen LogP contribution in [0.2, 0.25) is 0 Å². The Kier molecular flexibility index (Phi) is 8.00. The molecule has 1 unspecified atom stereocenters. The quantitative estimate of drug-likeness (QED) is 0.725. The average molecular weight is 302 g/mol. The summed E-state index contributed by atoms with van der Waals surface area (Å²) < 4.78 is 15.7. The SMILES string of the molecule is COCCOCCNC1CCCN(C(=O)OC(C)(C)C)C1. The van der Waals surface area contributed by atoms with E-state index in [2.05, 4.69) is 5.32 Å². The molecule has 0 spiro atoms. The number of carbonyl (C=O) groups excluding carboxylic acids is 1. The van der Waals surface area contributed by atoms with E-state index in [4.69, 9.17) is 14.2 Å². The van der Waals surface area contributed by atoms with Crippen LogP contribution in [0.3, 0.4) is 0 Å². The number of likely N-dealkylation sites (tertiary alicyclic amines) is 1. The zero-order chi connectivity index (χ0) is 15.7. The minimum Gasteiger partial charge on any atom is -0.444 e. The number of nitrogens with one attached hydrogen (secondary N) is 1. The maximum Gasteiger partial charge on any atom is 0.410 e. The molecule has 0 bridgehead atoms. The minimum atomic E-state index is -0.438. The fourth-order valence-electron chi connectivity index (χ4n) is 2.22. The monoisotopic (exact) mass is 302 g/mol. The lowest BCUT2D eigenvalue weighted by Gasteiger charge is -2.34. The molecule has 1 atom stereocenters. The van der Waals surface area contributed by atoms with Gasteiger partial charge in [-0.1, -0.05) is 0 Å². The Hall–Kier alpha value is -0.850. The Bertz CT molecular complexity index is 305. The van der Waals surface area contributed by atoms with Gasteiger partial charge in [0, 0.05) is 32.8 Å². The van der Waals surface area contributed by atoms with Crippen LogP contribution in [-0.4, -0.2) is 69.2 Å². The highest BCUT2D eigenvalue weighted by Crippen LogP contribution is 2.15. The van der Waals surface area contributed by atoms with Gasteiger partial charge in [0.05, 0.1) is 19.8 Å². The van der Waals surface area contributed by atoms with Crippen molar-refractivity contribution in [2.75, 3.05) is 46.6 Å². The van der Waals surface area contributed by atoms with Crippen molar-refractivity contribution in [2.24, 2.45) is 0 Å². The zero-order valence-electron chi connectivity index (χ0n) is 13.8. The molecule has 21 heavy (non-hydrogen) atoms. The predicted molar refractivity (Wildman–Crippen MR) is 81.5 cm³/mol. The van der Waals surface area contributed by atoms with Gasteiger partial charge in [0.2, 0.25) is 0 Å². The molecular formula is C15H30N2O4. The van der Waals surface area contributed by atoms with E-state index in [0.29, 0.717) is 32.4 Å². The van der Waals surface area contributed by atoms with E-state index in [9.17, 15) is 4.79 Å². The highest BCUT2D eigenvalue weighted by molar-refractivity contribution is 5.68. The normalized spacial score (nSPS) is 19.6. The van der Waals surface area contributed by atoms with E-state index < -0.39 is 5.60 Å². The van der Waals surface area contributed by atoms with Crippen LogP contribution in [0, 0.1) is 0 Å². The van der Waals surface area contributed by atoms with E-state index in [-0.39, 0.29) is 6.09 Å². The second-order valence-electron chi connectivity index (χ2n) is 6.32. The summed E-state index contributed by atoms with van der Waals surface area (Å²) in [5, 5.41) is 3.43. The molecule has 124 valence electrons. The number of piperidine rings is 1. The van der Waals surface area contributed by atoms with E-state index in [0.717, 1.165) is 25.9 Å². The van der Waals surface area contributed by atoms with E-state index >= 15 is 0 Å². The highest BCUT2D eigenvalue weighted by Gasteiger charge is 2.27. The summed E-state index contributed by atoms with van der Waals surface area (Å²) >= 11 is 0. The van der Waals surface area contributed by atoms with Crippen molar-refractivity contribution >= 4 is 6.09 Å². The van der Waals surface area contributed by atoms with Crippen molar-refractivity contribution in [2.45, 2.75) is 45.3 Å². The molecule has 0 aromatic heterocycles. The van der Waals surface area contributed by atoms with Crippen molar-refractivity contribution < 1.29 is 19.0 Å².